The average molecular weight is 384 g/mol. The first kappa shape index (κ1) is 23.8. The van der Waals surface area contributed by atoms with Crippen LogP contribution < -0.4 is 0 Å². The van der Waals surface area contributed by atoms with E-state index in [1.165, 1.54) is 69.1 Å². The summed E-state index contributed by atoms with van der Waals surface area (Å²) in [4.78, 5) is 25.5. The first-order valence-electron chi connectivity index (χ1n) is 11.3. The highest BCUT2D eigenvalue weighted by atomic mass is 16.6. The summed E-state index contributed by atoms with van der Waals surface area (Å²) in [6.07, 6.45) is 16.6. The van der Waals surface area contributed by atoms with Gasteiger partial charge in [0.05, 0.1) is 13.2 Å². The lowest BCUT2D eigenvalue weighted by Gasteiger charge is -2.22. The molecule has 0 spiro atoms. The van der Waals surface area contributed by atoms with Gasteiger partial charge in [-0.25, -0.2) is 9.59 Å². The highest BCUT2D eigenvalue weighted by Gasteiger charge is 2.36. The van der Waals surface area contributed by atoms with E-state index in [-0.39, 0.29) is 5.97 Å². The second-order valence-electron chi connectivity index (χ2n) is 7.61. The topological polar surface area (TPSA) is 55.8 Å². The molecule has 1 saturated heterocycles. The van der Waals surface area contributed by atoms with Crippen molar-refractivity contribution in [3.8, 4) is 0 Å². The number of hydrogen-bond acceptors (Lipinski definition) is 4. The third-order valence-corrected chi connectivity index (χ3v) is 5.27. The molecule has 0 saturated carbocycles. The Balaban J connectivity index is 1.96. The molecule has 0 radical (unpaired) electrons. The van der Waals surface area contributed by atoms with Gasteiger partial charge < -0.3 is 9.47 Å². The van der Waals surface area contributed by atoms with Gasteiger partial charge in [-0.1, -0.05) is 77.6 Å². The van der Waals surface area contributed by atoms with Crippen molar-refractivity contribution in [1.29, 1.82) is 0 Å². The van der Waals surface area contributed by atoms with E-state index in [4.69, 9.17) is 9.47 Å². The van der Waals surface area contributed by atoms with Gasteiger partial charge in [-0.2, -0.15) is 0 Å². The van der Waals surface area contributed by atoms with Gasteiger partial charge in [0.25, 0.3) is 0 Å². The molecular weight excluding hydrogens is 342 g/mol. The number of carbonyl (C=O) groups excluding carboxylic acids is 2. The van der Waals surface area contributed by atoms with Gasteiger partial charge in [-0.15, -0.1) is 0 Å². The first-order valence-corrected chi connectivity index (χ1v) is 11.3. The molecule has 1 rings (SSSR count). The smallest absolute Gasteiger partial charge is 0.410 e. The largest absolute Gasteiger partial charge is 0.464 e. The minimum atomic E-state index is -0.457. The molecule has 1 heterocycles. The summed E-state index contributed by atoms with van der Waals surface area (Å²) in [6.45, 7) is 5.40. The van der Waals surface area contributed by atoms with Crippen LogP contribution in [0.2, 0.25) is 0 Å². The molecule has 27 heavy (non-hydrogen) atoms. The summed E-state index contributed by atoms with van der Waals surface area (Å²) in [5.74, 6) is -0.274. The molecule has 1 aliphatic heterocycles. The molecule has 0 aromatic rings. The molecule has 1 amide bonds. The standard InChI is InChI=1S/C22H41NO4/c1-3-5-6-7-8-9-10-11-12-13-14-15-19-27-21(24)20-17-16-18-23(20)22(25)26-4-2/h20H,3-19H2,1-2H3/t20-/m0/s1. The maximum Gasteiger partial charge on any atom is 0.410 e. The van der Waals surface area contributed by atoms with E-state index in [2.05, 4.69) is 6.92 Å². The molecule has 1 aliphatic rings. The van der Waals surface area contributed by atoms with E-state index in [0.717, 1.165) is 19.3 Å². The van der Waals surface area contributed by atoms with E-state index >= 15 is 0 Å². The first-order chi connectivity index (χ1) is 13.2. The third-order valence-electron chi connectivity index (χ3n) is 5.27. The Labute approximate surface area is 166 Å². The molecule has 0 aromatic heterocycles. The van der Waals surface area contributed by atoms with Crippen molar-refractivity contribution < 1.29 is 19.1 Å². The molecule has 0 N–H and O–H groups in total. The molecule has 1 fully saturated rings. The second kappa shape index (κ2) is 15.8. The van der Waals surface area contributed by atoms with Gasteiger partial charge in [-0.05, 0) is 26.2 Å². The van der Waals surface area contributed by atoms with Crippen LogP contribution in [0.4, 0.5) is 4.79 Å². The van der Waals surface area contributed by atoms with E-state index in [0.29, 0.717) is 26.2 Å². The summed E-state index contributed by atoms with van der Waals surface area (Å²) in [6, 6.07) is -0.457. The molecule has 158 valence electrons. The zero-order chi connectivity index (χ0) is 19.7. The van der Waals surface area contributed by atoms with Crippen molar-refractivity contribution in [2.45, 2.75) is 110 Å². The SMILES string of the molecule is CCCCCCCCCCCCCCOC(=O)[C@@H]1CCCN1C(=O)OCC. The van der Waals surface area contributed by atoms with Gasteiger partial charge in [0, 0.05) is 6.54 Å². The number of ether oxygens (including phenoxy) is 2. The number of unbranched alkanes of at least 4 members (excludes halogenated alkanes) is 11. The Bertz CT molecular complexity index is 400. The maximum atomic E-state index is 12.2. The predicted molar refractivity (Wildman–Crippen MR) is 109 cm³/mol. The number of hydrogen-bond donors (Lipinski definition) is 0. The lowest BCUT2D eigenvalue weighted by atomic mass is 10.1. The fourth-order valence-electron chi connectivity index (χ4n) is 3.65. The van der Waals surface area contributed by atoms with Crippen LogP contribution in [0.15, 0.2) is 0 Å². The molecule has 0 unspecified atom stereocenters. The fourth-order valence-corrected chi connectivity index (χ4v) is 3.65. The van der Waals surface area contributed by atoms with Gasteiger partial charge in [0.1, 0.15) is 6.04 Å². The van der Waals surface area contributed by atoms with E-state index in [1.54, 1.807) is 6.92 Å². The molecule has 0 bridgehead atoms. The van der Waals surface area contributed by atoms with Gasteiger partial charge in [-0.3, -0.25) is 4.90 Å². The maximum absolute atomic E-state index is 12.2. The lowest BCUT2D eigenvalue weighted by molar-refractivity contribution is -0.148. The van der Waals surface area contributed by atoms with Crippen LogP contribution in [0.25, 0.3) is 0 Å². The highest BCUT2D eigenvalue weighted by molar-refractivity contribution is 5.82. The highest BCUT2D eigenvalue weighted by Crippen LogP contribution is 2.20. The van der Waals surface area contributed by atoms with Crippen LogP contribution in [-0.2, 0) is 14.3 Å². The number of likely N-dealkylation sites (tertiary alicyclic amines) is 1. The lowest BCUT2D eigenvalue weighted by Crippen LogP contribution is -2.41. The molecule has 1 atom stereocenters. The monoisotopic (exact) mass is 383 g/mol. The van der Waals surface area contributed by atoms with Crippen molar-refractivity contribution in [1.82, 2.24) is 4.90 Å². The van der Waals surface area contributed by atoms with E-state index < -0.39 is 12.1 Å². The Hall–Kier alpha value is -1.26. The summed E-state index contributed by atoms with van der Waals surface area (Å²) >= 11 is 0. The number of rotatable bonds is 15. The fraction of sp³-hybridized carbons (Fsp3) is 0.909. The summed E-state index contributed by atoms with van der Waals surface area (Å²) in [5, 5.41) is 0. The quantitative estimate of drug-likeness (QED) is 0.263. The van der Waals surface area contributed by atoms with Gasteiger partial charge in [0.2, 0.25) is 0 Å². The normalized spacial score (nSPS) is 16.5. The summed E-state index contributed by atoms with van der Waals surface area (Å²) in [7, 11) is 0. The van der Waals surface area contributed by atoms with Crippen LogP contribution in [0.5, 0.6) is 0 Å². The summed E-state index contributed by atoms with van der Waals surface area (Å²) in [5.41, 5.74) is 0. The van der Waals surface area contributed by atoms with Crippen molar-refractivity contribution in [2.24, 2.45) is 0 Å². The predicted octanol–water partition coefficient (Wildman–Crippen LogP) is 5.85. The Kier molecular flexibility index (Phi) is 13.9. The Morgan fingerprint density at radius 2 is 1.37 bits per heavy atom. The van der Waals surface area contributed by atoms with Crippen LogP contribution >= 0.6 is 0 Å². The zero-order valence-corrected chi connectivity index (χ0v) is 17.7. The van der Waals surface area contributed by atoms with Crippen LogP contribution in [0.1, 0.15) is 104 Å². The van der Waals surface area contributed by atoms with Crippen molar-refractivity contribution in [3.05, 3.63) is 0 Å². The minimum Gasteiger partial charge on any atom is -0.464 e. The second-order valence-corrected chi connectivity index (χ2v) is 7.61. The number of esters is 1. The number of carbonyl (C=O) groups is 2. The van der Waals surface area contributed by atoms with Crippen LogP contribution in [0, 0.1) is 0 Å². The number of amides is 1. The van der Waals surface area contributed by atoms with Crippen LogP contribution in [0.3, 0.4) is 0 Å². The van der Waals surface area contributed by atoms with Crippen LogP contribution in [-0.4, -0.2) is 42.8 Å². The average Bonchev–Trinajstić information content (AvgIpc) is 3.15. The van der Waals surface area contributed by atoms with Crippen molar-refractivity contribution >= 4 is 12.1 Å². The molecule has 0 aliphatic carbocycles. The Morgan fingerprint density at radius 3 is 1.93 bits per heavy atom. The van der Waals surface area contributed by atoms with E-state index in [1.807, 2.05) is 0 Å². The van der Waals surface area contributed by atoms with Gasteiger partial charge >= 0.3 is 12.1 Å². The van der Waals surface area contributed by atoms with Crippen molar-refractivity contribution in [3.63, 3.8) is 0 Å². The van der Waals surface area contributed by atoms with E-state index in [9.17, 15) is 9.59 Å². The molecule has 5 nitrogen and oxygen atoms in total. The minimum absolute atomic E-state index is 0.274. The zero-order valence-electron chi connectivity index (χ0n) is 17.7. The molecule has 0 aromatic carbocycles. The summed E-state index contributed by atoms with van der Waals surface area (Å²) < 4.78 is 10.4. The Morgan fingerprint density at radius 1 is 0.815 bits per heavy atom. The third kappa shape index (κ3) is 10.6. The van der Waals surface area contributed by atoms with Crippen molar-refractivity contribution in [2.75, 3.05) is 19.8 Å². The number of nitrogens with zero attached hydrogens (tertiary/aromatic N) is 1. The molecule has 5 heteroatoms. The molecular formula is C22H41NO4. The van der Waals surface area contributed by atoms with Gasteiger partial charge in [0.15, 0.2) is 0 Å².